The van der Waals surface area contributed by atoms with E-state index in [0.717, 1.165) is 22.8 Å². The first-order chi connectivity index (χ1) is 8.97. The Labute approximate surface area is 113 Å². The van der Waals surface area contributed by atoms with E-state index < -0.39 is 0 Å². The van der Waals surface area contributed by atoms with E-state index >= 15 is 0 Å². The molecule has 4 nitrogen and oxygen atoms in total. The van der Waals surface area contributed by atoms with E-state index in [2.05, 4.69) is 23.8 Å². The van der Waals surface area contributed by atoms with Crippen LogP contribution in [0.15, 0.2) is 24.3 Å². The third-order valence-electron chi connectivity index (χ3n) is 2.90. The van der Waals surface area contributed by atoms with E-state index in [1.54, 1.807) is 0 Å². The molecule has 19 heavy (non-hydrogen) atoms. The molecule has 0 amide bonds. The number of aromatic nitrogens is 2. The molecule has 0 spiro atoms. The molecule has 2 aromatic rings. The van der Waals surface area contributed by atoms with E-state index in [1.807, 2.05) is 38.1 Å². The van der Waals surface area contributed by atoms with E-state index in [1.165, 1.54) is 0 Å². The Morgan fingerprint density at radius 2 is 1.89 bits per heavy atom. The number of nitrogens with two attached hydrogens (primary N) is 1. The largest absolute Gasteiger partial charge is 0.439 e. The summed E-state index contributed by atoms with van der Waals surface area (Å²) in [6.45, 7) is 7.99. The number of nitrogens with zero attached hydrogens (tertiary/aromatic N) is 2. The number of hydrogen-bond acceptors (Lipinski definition) is 4. The van der Waals surface area contributed by atoms with E-state index in [9.17, 15) is 0 Å². The van der Waals surface area contributed by atoms with Crippen LogP contribution in [0.2, 0.25) is 0 Å². The number of anilines is 1. The maximum absolute atomic E-state index is 5.87. The number of ether oxygens (including phenoxy) is 1. The quantitative estimate of drug-likeness (QED) is 0.853. The Morgan fingerprint density at radius 3 is 2.58 bits per heavy atom. The average molecular weight is 257 g/mol. The van der Waals surface area contributed by atoms with Crippen molar-refractivity contribution in [1.29, 1.82) is 0 Å². The lowest BCUT2D eigenvalue weighted by Gasteiger charge is -2.12. The van der Waals surface area contributed by atoms with Crippen molar-refractivity contribution in [3.8, 4) is 11.6 Å². The summed E-state index contributed by atoms with van der Waals surface area (Å²) >= 11 is 0. The highest BCUT2D eigenvalue weighted by Gasteiger charge is 2.09. The van der Waals surface area contributed by atoms with Gasteiger partial charge in [-0.1, -0.05) is 19.9 Å². The third-order valence-corrected chi connectivity index (χ3v) is 2.90. The summed E-state index contributed by atoms with van der Waals surface area (Å²) in [5.74, 6) is 2.35. The van der Waals surface area contributed by atoms with Crippen LogP contribution in [-0.2, 0) is 0 Å². The van der Waals surface area contributed by atoms with Gasteiger partial charge in [0.15, 0.2) is 0 Å². The molecule has 0 bridgehead atoms. The summed E-state index contributed by atoms with van der Waals surface area (Å²) in [6.07, 6.45) is 0. The van der Waals surface area contributed by atoms with Crippen LogP contribution in [0.4, 0.5) is 5.69 Å². The first-order valence-corrected chi connectivity index (χ1v) is 6.36. The van der Waals surface area contributed by atoms with Crippen LogP contribution in [0.1, 0.15) is 36.8 Å². The topological polar surface area (TPSA) is 61.0 Å². The maximum Gasteiger partial charge on any atom is 0.222 e. The number of nitrogen functional groups attached to an aromatic ring is 1. The van der Waals surface area contributed by atoms with Gasteiger partial charge >= 0.3 is 0 Å². The van der Waals surface area contributed by atoms with Gasteiger partial charge < -0.3 is 10.5 Å². The molecule has 0 aliphatic carbocycles. The van der Waals surface area contributed by atoms with Crippen LogP contribution >= 0.6 is 0 Å². The maximum atomic E-state index is 5.87. The molecule has 0 fully saturated rings. The molecule has 4 heteroatoms. The Morgan fingerprint density at radius 1 is 1.16 bits per heavy atom. The minimum Gasteiger partial charge on any atom is -0.439 e. The zero-order chi connectivity index (χ0) is 14.0. The molecule has 1 heterocycles. The summed E-state index contributed by atoms with van der Waals surface area (Å²) in [5, 5.41) is 0. The van der Waals surface area contributed by atoms with E-state index in [0.29, 0.717) is 11.6 Å². The number of aryl methyl sites for hydroxylation is 1. The fraction of sp³-hybridized carbons (Fsp3) is 0.333. The van der Waals surface area contributed by atoms with Gasteiger partial charge in [-0.05, 0) is 26.0 Å². The molecule has 2 N–H and O–H groups in total. The summed E-state index contributed by atoms with van der Waals surface area (Å²) in [5.41, 5.74) is 8.40. The summed E-state index contributed by atoms with van der Waals surface area (Å²) in [4.78, 5) is 8.82. The third kappa shape index (κ3) is 3.02. The molecule has 1 aromatic heterocycles. The van der Waals surface area contributed by atoms with Gasteiger partial charge in [0.05, 0.1) is 0 Å². The fourth-order valence-corrected chi connectivity index (χ4v) is 1.73. The number of hydrogen-bond donors (Lipinski definition) is 1. The van der Waals surface area contributed by atoms with Crippen LogP contribution in [0, 0.1) is 13.8 Å². The Balaban J connectivity index is 2.35. The van der Waals surface area contributed by atoms with Crippen molar-refractivity contribution in [2.24, 2.45) is 0 Å². The second-order valence-electron chi connectivity index (χ2n) is 4.93. The molecule has 100 valence electrons. The first kappa shape index (κ1) is 13.3. The second-order valence-corrected chi connectivity index (χ2v) is 4.93. The van der Waals surface area contributed by atoms with Crippen molar-refractivity contribution in [3.05, 3.63) is 41.3 Å². The monoisotopic (exact) mass is 257 g/mol. The molecule has 0 saturated heterocycles. The molecule has 0 saturated carbocycles. The van der Waals surface area contributed by atoms with Crippen LogP contribution in [0.5, 0.6) is 11.6 Å². The summed E-state index contributed by atoms with van der Waals surface area (Å²) in [6, 6.07) is 7.44. The van der Waals surface area contributed by atoms with E-state index in [-0.39, 0.29) is 5.92 Å². The lowest BCUT2D eigenvalue weighted by Crippen LogP contribution is -2.02. The van der Waals surface area contributed by atoms with Crippen LogP contribution in [0.25, 0.3) is 0 Å². The Bertz CT molecular complexity index is 594. The average Bonchev–Trinajstić information content (AvgIpc) is 2.34. The van der Waals surface area contributed by atoms with Gasteiger partial charge in [0, 0.05) is 28.9 Å². The second kappa shape index (κ2) is 5.26. The Kier molecular flexibility index (Phi) is 3.69. The number of benzene rings is 1. The van der Waals surface area contributed by atoms with Crippen LogP contribution in [0.3, 0.4) is 0 Å². The summed E-state index contributed by atoms with van der Waals surface area (Å²) in [7, 11) is 0. The standard InChI is InChI=1S/C15H19N3O/c1-9(2)15-17-10(3)8-14(18-15)19-13-7-5-6-12(16)11(13)4/h5-9H,16H2,1-4H3. The van der Waals surface area contributed by atoms with Gasteiger partial charge in [-0.3, -0.25) is 0 Å². The van der Waals surface area contributed by atoms with E-state index in [4.69, 9.17) is 10.5 Å². The zero-order valence-electron chi connectivity index (χ0n) is 11.8. The minimum absolute atomic E-state index is 0.268. The molecule has 0 aliphatic rings. The number of rotatable bonds is 3. The zero-order valence-corrected chi connectivity index (χ0v) is 11.8. The van der Waals surface area contributed by atoms with Crippen molar-refractivity contribution in [2.45, 2.75) is 33.6 Å². The smallest absolute Gasteiger partial charge is 0.222 e. The molecule has 0 aliphatic heterocycles. The van der Waals surface area contributed by atoms with Gasteiger partial charge in [-0.2, -0.15) is 4.98 Å². The predicted octanol–water partition coefficient (Wildman–Crippen LogP) is 3.59. The lowest BCUT2D eigenvalue weighted by molar-refractivity contribution is 0.453. The molecule has 0 atom stereocenters. The van der Waals surface area contributed by atoms with Crippen molar-refractivity contribution in [2.75, 3.05) is 5.73 Å². The Hall–Kier alpha value is -2.10. The van der Waals surface area contributed by atoms with Gasteiger partial charge in [0.2, 0.25) is 5.88 Å². The lowest BCUT2D eigenvalue weighted by atomic mass is 10.2. The molecule has 1 aromatic carbocycles. The van der Waals surface area contributed by atoms with Gasteiger partial charge in [-0.25, -0.2) is 4.98 Å². The molecular formula is C15H19N3O. The van der Waals surface area contributed by atoms with Gasteiger partial charge in [0.25, 0.3) is 0 Å². The van der Waals surface area contributed by atoms with Crippen LogP contribution in [-0.4, -0.2) is 9.97 Å². The van der Waals surface area contributed by atoms with Gasteiger partial charge in [-0.15, -0.1) is 0 Å². The highest BCUT2D eigenvalue weighted by Crippen LogP contribution is 2.28. The van der Waals surface area contributed by atoms with Gasteiger partial charge in [0.1, 0.15) is 11.6 Å². The first-order valence-electron chi connectivity index (χ1n) is 6.36. The normalized spacial score (nSPS) is 10.8. The van der Waals surface area contributed by atoms with Crippen molar-refractivity contribution < 1.29 is 4.74 Å². The molecule has 0 radical (unpaired) electrons. The van der Waals surface area contributed by atoms with Crippen LogP contribution < -0.4 is 10.5 Å². The highest BCUT2D eigenvalue weighted by atomic mass is 16.5. The van der Waals surface area contributed by atoms with Crippen molar-refractivity contribution in [3.63, 3.8) is 0 Å². The molecule has 0 unspecified atom stereocenters. The SMILES string of the molecule is Cc1cc(Oc2cccc(N)c2C)nc(C(C)C)n1. The molecular weight excluding hydrogens is 238 g/mol. The highest BCUT2D eigenvalue weighted by molar-refractivity contribution is 5.53. The van der Waals surface area contributed by atoms with Crippen molar-refractivity contribution >= 4 is 5.69 Å². The molecule has 2 rings (SSSR count). The fourth-order valence-electron chi connectivity index (χ4n) is 1.73. The minimum atomic E-state index is 0.268. The van der Waals surface area contributed by atoms with Crippen molar-refractivity contribution in [1.82, 2.24) is 9.97 Å². The predicted molar refractivity (Wildman–Crippen MR) is 76.5 cm³/mol. The summed E-state index contributed by atoms with van der Waals surface area (Å²) < 4.78 is 5.83.